The van der Waals surface area contributed by atoms with Gasteiger partial charge in [-0.2, -0.15) is 0 Å². The Bertz CT molecular complexity index is 310. The van der Waals surface area contributed by atoms with Crippen molar-refractivity contribution in [2.24, 2.45) is 5.11 Å². The summed E-state index contributed by atoms with van der Waals surface area (Å²) in [5.74, 6) is 0. The first-order chi connectivity index (χ1) is 5.25. The average Bonchev–Trinajstić information content (AvgIpc) is 2.36. The van der Waals surface area contributed by atoms with Gasteiger partial charge in [0.05, 0.1) is 4.92 Å². The molecular formula is C4H2N4O2S. The zero-order chi connectivity index (χ0) is 8.27. The maximum Gasteiger partial charge on any atom is 0.333 e. The van der Waals surface area contributed by atoms with E-state index in [-0.39, 0.29) is 10.7 Å². The van der Waals surface area contributed by atoms with Crippen LogP contribution in [0.4, 0.5) is 10.7 Å². The highest BCUT2D eigenvalue weighted by molar-refractivity contribution is 7.14. The first kappa shape index (κ1) is 7.52. The average molecular weight is 170 g/mol. The van der Waals surface area contributed by atoms with Gasteiger partial charge < -0.3 is 0 Å². The van der Waals surface area contributed by atoms with Gasteiger partial charge in [-0.3, -0.25) is 10.1 Å². The fraction of sp³-hybridized carbons (Fsp3) is 0. The van der Waals surface area contributed by atoms with Crippen LogP contribution >= 0.6 is 11.3 Å². The minimum atomic E-state index is -0.575. The van der Waals surface area contributed by atoms with Crippen LogP contribution in [0.3, 0.4) is 0 Å². The van der Waals surface area contributed by atoms with E-state index in [0.717, 1.165) is 11.3 Å². The summed E-state index contributed by atoms with van der Waals surface area (Å²) in [7, 11) is 0. The Kier molecular flexibility index (Phi) is 2.05. The molecule has 0 saturated carbocycles. The molecule has 11 heavy (non-hydrogen) atoms. The molecule has 0 aliphatic heterocycles. The number of azide groups is 1. The standard InChI is InChI=1S/C4H2N4O2S/c5-7-6-3-1-2-11-4(3)8(9)10/h1-2H. The highest BCUT2D eigenvalue weighted by atomic mass is 32.1. The molecule has 1 aromatic rings. The van der Waals surface area contributed by atoms with Crippen molar-refractivity contribution < 1.29 is 4.92 Å². The Balaban J connectivity index is 3.15. The molecule has 0 radical (unpaired) electrons. The number of hydrogen-bond acceptors (Lipinski definition) is 4. The summed E-state index contributed by atoms with van der Waals surface area (Å²) in [5.41, 5.74) is 8.06. The third-order valence-corrected chi connectivity index (χ3v) is 1.80. The second-order valence-electron chi connectivity index (χ2n) is 1.56. The Hall–Kier alpha value is -1.59. The van der Waals surface area contributed by atoms with Crippen molar-refractivity contribution in [3.8, 4) is 0 Å². The molecule has 7 heteroatoms. The summed E-state index contributed by atoms with van der Waals surface area (Å²) < 4.78 is 0. The van der Waals surface area contributed by atoms with Crippen molar-refractivity contribution in [1.82, 2.24) is 0 Å². The summed E-state index contributed by atoms with van der Waals surface area (Å²) in [6.45, 7) is 0. The van der Waals surface area contributed by atoms with E-state index < -0.39 is 4.92 Å². The van der Waals surface area contributed by atoms with Gasteiger partial charge in [0, 0.05) is 4.91 Å². The molecule has 0 spiro atoms. The Morgan fingerprint density at radius 3 is 3.09 bits per heavy atom. The van der Waals surface area contributed by atoms with Crippen LogP contribution in [-0.4, -0.2) is 4.92 Å². The molecule has 56 valence electrons. The van der Waals surface area contributed by atoms with Gasteiger partial charge in [0.25, 0.3) is 0 Å². The fourth-order valence-electron chi connectivity index (χ4n) is 0.555. The zero-order valence-corrected chi connectivity index (χ0v) is 5.98. The van der Waals surface area contributed by atoms with Crippen LogP contribution in [0.15, 0.2) is 16.6 Å². The monoisotopic (exact) mass is 170 g/mol. The summed E-state index contributed by atoms with van der Waals surface area (Å²) in [4.78, 5) is 12.1. The van der Waals surface area contributed by atoms with Gasteiger partial charge in [-0.1, -0.05) is 16.5 Å². The molecule has 6 nitrogen and oxygen atoms in total. The Morgan fingerprint density at radius 2 is 2.55 bits per heavy atom. The predicted octanol–water partition coefficient (Wildman–Crippen LogP) is 2.60. The van der Waals surface area contributed by atoms with Crippen molar-refractivity contribution >= 4 is 22.0 Å². The molecule has 1 rings (SSSR count). The number of nitro groups is 1. The van der Waals surface area contributed by atoms with E-state index in [2.05, 4.69) is 10.0 Å². The first-order valence-corrected chi connectivity index (χ1v) is 3.40. The molecule has 0 bridgehead atoms. The number of nitrogens with zero attached hydrogens (tertiary/aromatic N) is 4. The van der Waals surface area contributed by atoms with Gasteiger partial charge in [-0.15, -0.1) is 0 Å². The van der Waals surface area contributed by atoms with Gasteiger partial charge in [-0.05, 0) is 17.0 Å². The van der Waals surface area contributed by atoms with Crippen LogP contribution in [0.1, 0.15) is 0 Å². The van der Waals surface area contributed by atoms with E-state index in [4.69, 9.17) is 5.53 Å². The Labute approximate surface area is 64.9 Å². The lowest BCUT2D eigenvalue weighted by atomic mass is 10.5. The van der Waals surface area contributed by atoms with E-state index in [9.17, 15) is 10.1 Å². The quantitative estimate of drug-likeness (QED) is 0.224. The topological polar surface area (TPSA) is 91.9 Å². The van der Waals surface area contributed by atoms with Crippen molar-refractivity contribution in [3.63, 3.8) is 0 Å². The smallest absolute Gasteiger partial charge is 0.258 e. The minimum absolute atomic E-state index is 0.0718. The largest absolute Gasteiger partial charge is 0.333 e. The van der Waals surface area contributed by atoms with Gasteiger partial charge in [-0.25, -0.2) is 0 Å². The van der Waals surface area contributed by atoms with E-state index in [0.29, 0.717) is 0 Å². The van der Waals surface area contributed by atoms with Crippen LogP contribution in [-0.2, 0) is 0 Å². The molecule has 0 saturated heterocycles. The van der Waals surface area contributed by atoms with Crippen LogP contribution in [0.25, 0.3) is 10.4 Å². The summed E-state index contributed by atoms with van der Waals surface area (Å²) in [6, 6.07) is 1.41. The van der Waals surface area contributed by atoms with Crippen LogP contribution in [0.5, 0.6) is 0 Å². The van der Waals surface area contributed by atoms with Gasteiger partial charge in [0.2, 0.25) is 0 Å². The van der Waals surface area contributed by atoms with Crippen molar-refractivity contribution in [2.75, 3.05) is 0 Å². The highest BCUT2D eigenvalue weighted by Crippen LogP contribution is 2.32. The number of hydrogen-bond donors (Lipinski definition) is 0. The van der Waals surface area contributed by atoms with E-state index in [1.807, 2.05) is 0 Å². The normalized spacial score (nSPS) is 8.73. The van der Waals surface area contributed by atoms with Crippen molar-refractivity contribution in [2.45, 2.75) is 0 Å². The second kappa shape index (κ2) is 3.00. The van der Waals surface area contributed by atoms with Crippen LogP contribution in [0.2, 0.25) is 0 Å². The van der Waals surface area contributed by atoms with Crippen molar-refractivity contribution in [1.29, 1.82) is 0 Å². The third-order valence-electron chi connectivity index (χ3n) is 0.943. The molecule has 0 aliphatic carbocycles. The lowest BCUT2D eigenvalue weighted by Gasteiger charge is -1.83. The zero-order valence-electron chi connectivity index (χ0n) is 5.17. The number of thiophene rings is 1. The summed E-state index contributed by atoms with van der Waals surface area (Å²) >= 11 is 0.934. The van der Waals surface area contributed by atoms with E-state index >= 15 is 0 Å². The van der Waals surface area contributed by atoms with Gasteiger partial charge in [0.15, 0.2) is 0 Å². The van der Waals surface area contributed by atoms with E-state index in [1.165, 1.54) is 11.4 Å². The van der Waals surface area contributed by atoms with E-state index in [1.54, 1.807) is 0 Å². The predicted molar refractivity (Wildman–Crippen MR) is 39.8 cm³/mol. The molecule has 1 aromatic heterocycles. The molecule has 0 amide bonds. The molecule has 0 aliphatic rings. The van der Waals surface area contributed by atoms with Gasteiger partial charge >= 0.3 is 5.00 Å². The first-order valence-electron chi connectivity index (χ1n) is 2.52. The maximum absolute atomic E-state index is 10.2. The van der Waals surface area contributed by atoms with Crippen LogP contribution < -0.4 is 0 Å². The second-order valence-corrected chi connectivity index (χ2v) is 2.45. The maximum atomic E-state index is 10.2. The van der Waals surface area contributed by atoms with Crippen molar-refractivity contribution in [3.05, 3.63) is 32.0 Å². The molecule has 0 N–H and O–H groups in total. The lowest BCUT2D eigenvalue weighted by molar-refractivity contribution is -0.379. The van der Waals surface area contributed by atoms with Gasteiger partial charge in [0.1, 0.15) is 5.69 Å². The lowest BCUT2D eigenvalue weighted by Crippen LogP contribution is -1.81. The summed E-state index contributed by atoms with van der Waals surface area (Å²) in [5, 5.41) is 14.7. The highest BCUT2D eigenvalue weighted by Gasteiger charge is 2.12. The van der Waals surface area contributed by atoms with Crippen LogP contribution in [0, 0.1) is 10.1 Å². The molecule has 0 aromatic carbocycles. The SMILES string of the molecule is [N-]=[N+]=Nc1ccsc1[N+](=O)[O-]. The molecule has 0 atom stereocenters. The molecule has 1 heterocycles. The summed E-state index contributed by atoms with van der Waals surface area (Å²) in [6.07, 6.45) is 0. The Morgan fingerprint density at radius 1 is 1.82 bits per heavy atom. The molecule has 0 fully saturated rings. The number of rotatable bonds is 2. The fourth-order valence-corrected chi connectivity index (χ4v) is 1.20. The molecular weight excluding hydrogens is 168 g/mol. The third kappa shape index (κ3) is 1.46. The molecule has 0 unspecified atom stereocenters. The minimum Gasteiger partial charge on any atom is -0.258 e.